The van der Waals surface area contributed by atoms with Gasteiger partial charge in [-0.05, 0) is 55.9 Å². The zero-order valence-corrected chi connectivity index (χ0v) is 16.5. The molecule has 1 aromatic rings. The van der Waals surface area contributed by atoms with E-state index in [1.807, 2.05) is 0 Å². The second kappa shape index (κ2) is 10.4. The van der Waals surface area contributed by atoms with Gasteiger partial charge < -0.3 is 25.4 Å². The second-order valence-electron chi connectivity index (χ2n) is 7.62. The number of carbonyl (C=O) groups excluding carboxylic acids is 2. The second-order valence-corrected chi connectivity index (χ2v) is 7.62. The Labute approximate surface area is 166 Å². The van der Waals surface area contributed by atoms with Crippen LogP contribution in [0.3, 0.4) is 0 Å². The molecule has 0 bridgehead atoms. The lowest BCUT2D eigenvalue weighted by Crippen LogP contribution is -2.34. The predicted octanol–water partition coefficient (Wildman–Crippen LogP) is 3.52. The number of benzene rings is 1. The van der Waals surface area contributed by atoms with E-state index in [2.05, 4.69) is 22.9 Å². The normalized spacial score (nSPS) is 24.5. The topological polar surface area (TPSA) is 88.7 Å². The van der Waals surface area contributed by atoms with Gasteiger partial charge >= 0.3 is 6.03 Å². The Hall–Kier alpha value is -2.12. The highest BCUT2D eigenvalue weighted by atomic mass is 16.5. The SMILES string of the molecule is C[C@@H]1CCCC[C@@H]1OCCNC(=O)Nc1ccc(NC(=O)[C@H]2CCCO2)cc1. The number of hydrogen-bond donors (Lipinski definition) is 3. The molecule has 0 aromatic heterocycles. The molecule has 1 heterocycles. The van der Waals surface area contributed by atoms with Gasteiger partial charge in [-0.1, -0.05) is 19.8 Å². The lowest BCUT2D eigenvalue weighted by atomic mass is 9.88. The van der Waals surface area contributed by atoms with Crippen molar-refractivity contribution < 1.29 is 19.1 Å². The van der Waals surface area contributed by atoms with Gasteiger partial charge in [0.1, 0.15) is 6.10 Å². The summed E-state index contributed by atoms with van der Waals surface area (Å²) in [5.41, 5.74) is 1.34. The maximum atomic E-state index is 12.0. The van der Waals surface area contributed by atoms with Crippen molar-refractivity contribution in [1.29, 1.82) is 0 Å². The van der Waals surface area contributed by atoms with Crippen LogP contribution in [0, 0.1) is 5.92 Å². The number of anilines is 2. The molecule has 0 spiro atoms. The summed E-state index contributed by atoms with van der Waals surface area (Å²) in [6.07, 6.45) is 6.49. The fourth-order valence-electron chi connectivity index (χ4n) is 3.72. The van der Waals surface area contributed by atoms with E-state index in [0.717, 1.165) is 19.3 Å². The van der Waals surface area contributed by atoms with Crippen LogP contribution in [0.2, 0.25) is 0 Å². The van der Waals surface area contributed by atoms with Crippen LogP contribution in [0.15, 0.2) is 24.3 Å². The molecule has 1 saturated heterocycles. The molecule has 3 atom stereocenters. The van der Waals surface area contributed by atoms with E-state index in [4.69, 9.17) is 9.47 Å². The third kappa shape index (κ3) is 6.21. The largest absolute Gasteiger partial charge is 0.376 e. The first-order chi connectivity index (χ1) is 13.6. The Morgan fingerprint density at radius 2 is 1.75 bits per heavy atom. The number of ether oxygens (including phenoxy) is 2. The van der Waals surface area contributed by atoms with E-state index in [0.29, 0.717) is 43.2 Å². The number of hydrogen-bond acceptors (Lipinski definition) is 4. The van der Waals surface area contributed by atoms with E-state index >= 15 is 0 Å². The monoisotopic (exact) mass is 389 g/mol. The molecule has 2 fully saturated rings. The third-order valence-electron chi connectivity index (χ3n) is 5.38. The number of carbonyl (C=O) groups is 2. The Morgan fingerprint density at radius 3 is 2.43 bits per heavy atom. The molecular formula is C21H31N3O4. The highest BCUT2D eigenvalue weighted by Crippen LogP contribution is 2.26. The Balaban J connectivity index is 1.34. The summed E-state index contributed by atoms with van der Waals surface area (Å²) in [4.78, 5) is 24.0. The van der Waals surface area contributed by atoms with Gasteiger partial charge in [-0.15, -0.1) is 0 Å². The average molecular weight is 389 g/mol. The van der Waals surface area contributed by atoms with Crippen molar-refractivity contribution in [2.24, 2.45) is 5.92 Å². The molecular weight excluding hydrogens is 358 g/mol. The lowest BCUT2D eigenvalue weighted by molar-refractivity contribution is -0.124. The quantitative estimate of drug-likeness (QED) is 0.623. The Bertz CT molecular complexity index is 644. The molecule has 2 aliphatic rings. The first kappa shape index (κ1) is 20.6. The minimum absolute atomic E-state index is 0.122. The molecule has 7 heteroatoms. The number of urea groups is 1. The zero-order chi connectivity index (χ0) is 19.8. The minimum atomic E-state index is -0.359. The fraction of sp³-hybridized carbons (Fsp3) is 0.619. The standard InChI is InChI=1S/C21H31N3O4/c1-15-5-2-3-6-18(15)28-14-12-22-21(26)24-17-10-8-16(9-11-17)23-20(25)19-7-4-13-27-19/h8-11,15,18-19H,2-7,12-14H2,1H3,(H,23,25)(H2,22,24,26)/t15-,18+,19-/m1/s1. The fourth-order valence-corrected chi connectivity index (χ4v) is 3.72. The third-order valence-corrected chi connectivity index (χ3v) is 5.38. The number of nitrogens with one attached hydrogen (secondary N) is 3. The van der Waals surface area contributed by atoms with E-state index in [1.54, 1.807) is 24.3 Å². The van der Waals surface area contributed by atoms with Crippen molar-refractivity contribution in [1.82, 2.24) is 5.32 Å². The summed E-state index contributed by atoms with van der Waals surface area (Å²) in [6.45, 7) is 3.87. The summed E-state index contributed by atoms with van der Waals surface area (Å²) in [5, 5.41) is 8.42. The van der Waals surface area contributed by atoms with Crippen molar-refractivity contribution in [3.8, 4) is 0 Å². The van der Waals surface area contributed by atoms with Gasteiger partial charge in [-0.3, -0.25) is 4.79 Å². The van der Waals surface area contributed by atoms with E-state index < -0.39 is 0 Å². The molecule has 3 N–H and O–H groups in total. The molecule has 7 nitrogen and oxygen atoms in total. The zero-order valence-electron chi connectivity index (χ0n) is 16.5. The number of amides is 3. The molecule has 1 aliphatic carbocycles. The molecule has 1 aromatic carbocycles. The molecule has 28 heavy (non-hydrogen) atoms. The molecule has 3 amide bonds. The minimum Gasteiger partial charge on any atom is -0.376 e. The van der Waals surface area contributed by atoms with Crippen LogP contribution in [0.25, 0.3) is 0 Å². The van der Waals surface area contributed by atoms with Crippen molar-refractivity contribution in [3.05, 3.63) is 24.3 Å². The van der Waals surface area contributed by atoms with E-state index in [-0.39, 0.29) is 18.0 Å². The van der Waals surface area contributed by atoms with E-state index in [9.17, 15) is 9.59 Å². The molecule has 154 valence electrons. The maximum Gasteiger partial charge on any atom is 0.319 e. The van der Waals surface area contributed by atoms with Gasteiger partial charge in [-0.25, -0.2) is 4.79 Å². The van der Waals surface area contributed by atoms with Crippen molar-refractivity contribution >= 4 is 23.3 Å². The first-order valence-corrected chi connectivity index (χ1v) is 10.3. The smallest absolute Gasteiger partial charge is 0.319 e. The summed E-state index contributed by atoms with van der Waals surface area (Å²) >= 11 is 0. The Morgan fingerprint density at radius 1 is 1.04 bits per heavy atom. The number of rotatable bonds is 7. The van der Waals surface area contributed by atoms with Crippen LogP contribution in [-0.2, 0) is 14.3 Å². The average Bonchev–Trinajstić information content (AvgIpc) is 3.23. The van der Waals surface area contributed by atoms with Crippen LogP contribution in [-0.4, -0.2) is 43.9 Å². The molecule has 0 unspecified atom stereocenters. The van der Waals surface area contributed by atoms with Crippen LogP contribution in [0.5, 0.6) is 0 Å². The van der Waals surface area contributed by atoms with Gasteiger partial charge in [0.25, 0.3) is 5.91 Å². The van der Waals surface area contributed by atoms with Gasteiger partial charge in [0.15, 0.2) is 0 Å². The predicted molar refractivity (Wildman–Crippen MR) is 108 cm³/mol. The summed E-state index contributed by atoms with van der Waals surface area (Å²) < 4.78 is 11.3. The first-order valence-electron chi connectivity index (χ1n) is 10.3. The van der Waals surface area contributed by atoms with Crippen LogP contribution in [0.1, 0.15) is 45.4 Å². The summed E-state index contributed by atoms with van der Waals surface area (Å²) in [6, 6.07) is 6.76. The van der Waals surface area contributed by atoms with Crippen LogP contribution in [0.4, 0.5) is 16.2 Å². The van der Waals surface area contributed by atoms with Crippen LogP contribution < -0.4 is 16.0 Å². The highest BCUT2D eigenvalue weighted by molar-refractivity contribution is 5.95. The van der Waals surface area contributed by atoms with Gasteiger partial charge in [0.2, 0.25) is 0 Å². The Kier molecular flexibility index (Phi) is 7.68. The van der Waals surface area contributed by atoms with Gasteiger partial charge in [0.05, 0.1) is 12.7 Å². The molecule has 1 aliphatic heterocycles. The van der Waals surface area contributed by atoms with E-state index in [1.165, 1.54) is 19.3 Å². The van der Waals surface area contributed by atoms with Crippen molar-refractivity contribution in [3.63, 3.8) is 0 Å². The van der Waals surface area contributed by atoms with Crippen LogP contribution >= 0.6 is 0 Å². The lowest BCUT2D eigenvalue weighted by Gasteiger charge is -2.28. The van der Waals surface area contributed by atoms with Crippen molar-refractivity contribution in [2.45, 2.75) is 57.7 Å². The highest BCUT2D eigenvalue weighted by Gasteiger charge is 2.23. The molecule has 0 radical (unpaired) electrons. The van der Waals surface area contributed by atoms with Gasteiger partial charge in [0, 0.05) is 24.5 Å². The molecule has 3 rings (SSSR count). The summed E-state index contributed by atoms with van der Waals surface area (Å²) in [7, 11) is 0. The molecule has 1 saturated carbocycles. The maximum absolute atomic E-state index is 12.0. The summed E-state index contributed by atoms with van der Waals surface area (Å²) in [5.74, 6) is 0.477. The van der Waals surface area contributed by atoms with Gasteiger partial charge in [-0.2, -0.15) is 0 Å². The van der Waals surface area contributed by atoms with Crippen molar-refractivity contribution in [2.75, 3.05) is 30.4 Å².